The Bertz CT molecular complexity index is 896. The van der Waals surface area contributed by atoms with Crippen molar-refractivity contribution < 1.29 is 4.74 Å². The van der Waals surface area contributed by atoms with Crippen molar-refractivity contribution in [2.45, 2.75) is 13.1 Å². The number of morpholine rings is 1. The van der Waals surface area contributed by atoms with Crippen LogP contribution in [0.3, 0.4) is 0 Å². The van der Waals surface area contributed by atoms with Gasteiger partial charge in [-0.2, -0.15) is 0 Å². The minimum absolute atomic E-state index is 0.679. The predicted octanol–water partition coefficient (Wildman–Crippen LogP) is 3.73. The maximum atomic E-state index is 6.05. The highest BCUT2D eigenvalue weighted by atomic mass is 35.5. The summed E-state index contributed by atoms with van der Waals surface area (Å²) in [7, 11) is 0. The van der Waals surface area contributed by atoms with Crippen molar-refractivity contribution in [3.05, 3.63) is 64.9 Å². The van der Waals surface area contributed by atoms with Crippen molar-refractivity contribution in [2.75, 3.05) is 31.6 Å². The summed E-state index contributed by atoms with van der Waals surface area (Å²) < 4.78 is 5.42. The van der Waals surface area contributed by atoms with Gasteiger partial charge < -0.3 is 10.1 Å². The molecule has 3 aromatic rings. The number of hydrogen-bond acceptors (Lipinski definition) is 5. The van der Waals surface area contributed by atoms with Crippen LogP contribution in [0.15, 0.2) is 48.8 Å². The zero-order valence-electron chi connectivity index (χ0n) is 14.5. The Morgan fingerprint density at radius 2 is 1.88 bits per heavy atom. The average Bonchev–Trinajstić information content (AvgIpc) is 2.67. The van der Waals surface area contributed by atoms with Gasteiger partial charge in [-0.05, 0) is 29.3 Å². The van der Waals surface area contributed by atoms with Crippen molar-refractivity contribution in [3.8, 4) is 0 Å². The van der Waals surface area contributed by atoms with E-state index in [4.69, 9.17) is 16.3 Å². The van der Waals surface area contributed by atoms with E-state index in [0.717, 1.165) is 49.6 Å². The summed E-state index contributed by atoms with van der Waals surface area (Å²) in [6.07, 6.45) is 1.57. The molecule has 1 aliphatic rings. The monoisotopic (exact) mass is 368 g/mol. The fourth-order valence-corrected chi connectivity index (χ4v) is 3.38. The van der Waals surface area contributed by atoms with Crippen LogP contribution in [0, 0.1) is 0 Å². The van der Waals surface area contributed by atoms with Crippen molar-refractivity contribution in [1.82, 2.24) is 14.9 Å². The van der Waals surface area contributed by atoms with Gasteiger partial charge in [0.2, 0.25) is 0 Å². The molecule has 0 unspecified atom stereocenters. The molecule has 0 aliphatic carbocycles. The number of fused-ring (bicyclic) bond motifs is 1. The zero-order chi connectivity index (χ0) is 17.8. The van der Waals surface area contributed by atoms with Crippen LogP contribution in [-0.4, -0.2) is 41.2 Å². The number of halogens is 1. The minimum atomic E-state index is 0.679. The van der Waals surface area contributed by atoms with Crippen LogP contribution >= 0.6 is 11.6 Å². The first-order valence-electron chi connectivity index (χ1n) is 8.80. The highest BCUT2D eigenvalue weighted by molar-refractivity contribution is 6.31. The van der Waals surface area contributed by atoms with Crippen LogP contribution in [0.5, 0.6) is 0 Å². The molecule has 26 heavy (non-hydrogen) atoms. The van der Waals surface area contributed by atoms with Gasteiger partial charge in [-0.1, -0.05) is 35.9 Å². The molecule has 2 aromatic carbocycles. The van der Waals surface area contributed by atoms with E-state index in [1.807, 2.05) is 18.2 Å². The number of ether oxygens (including phenoxy) is 1. The van der Waals surface area contributed by atoms with E-state index in [9.17, 15) is 0 Å². The van der Waals surface area contributed by atoms with Gasteiger partial charge in [0.05, 0.1) is 18.7 Å². The summed E-state index contributed by atoms with van der Waals surface area (Å²) in [5.41, 5.74) is 3.40. The molecule has 1 aromatic heterocycles. The molecule has 1 saturated heterocycles. The molecule has 5 nitrogen and oxygen atoms in total. The predicted molar refractivity (Wildman–Crippen MR) is 104 cm³/mol. The maximum Gasteiger partial charge on any atom is 0.137 e. The molecule has 0 spiro atoms. The molecule has 0 bridgehead atoms. The van der Waals surface area contributed by atoms with Crippen LogP contribution in [0.2, 0.25) is 5.02 Å². The number of nitrogens with one attached hydrogen (secondary N) is 1. The maximum absolute atomic E-state index is 6.05. The molecule has 6 heteroatoms. The molecule has 1 N–H and O–H groups in total. The van der Waals surface area contributed by atoms with E-state index in [1.165, 1.54) is 11.1 Å². The molecule has 1 aliphatic heterocycles. The lowest BCUT2D eigenvalue weighted by atomic mass is 10.1. The number of anilines is 1. The summed E-state index contributed by atoms with van der Waals surface area (Å²) in [6, 6.07) is 14.4. The standard InChI is InChI=1S/C20H21ClN4O/c21-17-4-5-18-19(11-17)23-14-24-20(18)22-12-15-2-1-3-16(10-15)13-25-6-8-26-9-7-25/h1-5,10-11,14H,6-9,12-13H2,(H,22,23,24). The average molecular weight is 369 g/mol. The number of nitrogens with zero attached hydrogens (tertiary/aromatic N) is 3. The second-order valence-electron chi connectivity index (χ2n) is 6.45. The van der Waals surface area contributed by atoms with E-state index in [1.54, 1.807) is 6.33 Å². The van der Waals surface area contributed by atoms with Crippen molar-refractivity contribution >= 4 is 28.3 Å². The van der Waals surface area contributed by atoms with E-state index in [0.29, 0.717) is 11.6 Å². The van der Waals surface area contributed by atoms with Gasteiger partial charge in [0.1, 0.15) is 12.1 Å². The SMILES string of the molecule is Clc1ccc2c(NCc3cccc(CN4CCOCC4)c3)ncnc2c1. The third-order valence-electron chi connectivity index (χ3n) is 4.56. The van der Waals surface area contributed by atoms with Crippen LogP contribution in [0.1, 0.15) is 11.1 Å². The molecule has 1 fully saturated rings. The molecule has 0 amide bonds. The second-order valence-corrected chi connectivity index (χ2v) is 6.88. The molecule has 2 heterocycles. The molecule has 134 valence electrons. The van der Waals surface area contributed by atoms with Gasteiger partial charge in [-0.15, -0.1) is 0 Å². The summed E-state index contributed by atoms with van der Waals surface area (Å²) in [4.78, 5) is 11.1. The largest absolute Gasteiger partial charge is 0.379 e. The normalized spacial score (nSPS) is 15.3. The van der Waals surface area contributed by atoms with Crippen LogP contribution < -0.4 is 5.32 Å². The Labute approximate surface area is 158 Å². The summed E-state index contributed by atoms with van der Waals surface area (Å²) in [6.45, 7) is 5.33. The number of rotatable bonds is 5. The van der Waals surface area contributed by atoms with E-state index in [-0.39, 0.29) is 0 Å². The Balaban J connectivity index is 1.45. The van der Waals surface area contributed by atoms with Gasteiger partial charge >= 0.3 is 0 Å². The molecule has 0 radical (unpaired) electrons. The van der Waals surface area contributed by atoms with Crippen LogP contribution in [0.25, 0.3) is 10.9 Å². The highest BCUT2D eigenvalue weighted by Gasteiger charge is 2.11. The summed E-state index contributed by atoms with van der Waals surface area (Å²) in [5.74, 6) is 0.824. The third kappa shape index (κ3) is 4.12. The molecular weight excluding hydrogens is 348 g/mol. The van der Waals surface area contributed by atoms with Crippen LogP contribution in [-0.2, 0) is 17.8 Å². The van der Waals surface area contributed by atoms with Gasteiger partial charge in [0.25, 0.3) is 0 Å². The molecular formula is C20H21ClN4O. The first kappa shape index (κ1) is 17.2. The Hall–Kier alpha value is -2.21. The van der Waals surface area contributed by atoms with E-state index >= 15 is 0 Å². The van der Waals surface area contributed by atoms with Crippen molar-refractivity contribution in [1.29, 1.82) is 0 Å². The lowest BCUT2D eigenvalue weighted by Crippen LogP contribution is -2.35. The first-order chi connectivity index (χ1) is 12.8. The van der Waals surface area contributed by atoms with Crippen LogP contribution in [0.4, 0.5) is 5.82 Å². The zero-order valence-corrected chi connectivity index (χ0v) is 15.2. The lowest BCUT2D eigenvalue weighted by molar-refractivity contribution is 0.0342. The fourth-order valence-electron chi connectivity index (χ4n) is 3.21. The second kappa shape index (κ2) is 7.99. The molecule has 4 rings (SSSR count). The van der Waals surface area contributed by atoms with Crippen molar-refractivity contribution in [2.24, 2.45) is 0 Å². The smallest absolute Gasteiger partial charge is 0.137 e. The molecule has 0 atom stereocenters. The van der Waals surface area contributed by atoms with Crippen molar-refractivity contribution in [3.63, 3.8) is 0 Å². The quantitative estimate of drug-likeness (QED) is 0.743. The van der Waals surface area contributed by atoms with Gasteiger partial charge in [-0.25, -0.2) is 9.97 Å². The first-order valence-corrected chi connectivity index (χ1v) is 9.18. The van der Waals surface area contributed by atoms with Gasteiger partial charge in [-0.3, -0.25) is 4.90 Å². The Kier molecular flexibility index (Phi) is 5.29. The highest BCUT2D eigenvalue weighted by Crippen LogP contribution is 2.23. The number of benzene rings is 2. The Morgan fingerprint density at radius 1 is 1.04 bits per heavy atom. The van der Waals surface area contributed by atoms with Gasteiger partial charge in [0, 0.05) is 36.6 Å². The number of aromatic nitrogens is 2. The molecule has 0 saturated carbocycles. The van der Waals surface area contributed by atoms with E-state index < -0.39 is 0 Å². The third-order valence-corrected chi connectivity index (χ3v) is 4.79. The number of hydrogen-bond donors (Lipinski definition) is 1. The lowest BCUT2D eigenvalue weighted by Gasteiger charge is -2.26. The topological polar surface area (TPSA) is 50.3 Å². The fraction of sp³-hybridized carbons (Fsp3) is 0.300. The van der Waals surface area contributed by atoms with Gasteiger partial charge in [0.15, 0.2) is 0 Å². The minimum Gasteiger partial charge on any atom is -0.379 e. The van der Waals surface area contributed by atoms with E-state index in [2.05, 4.69) is 44.5 Å². The summed E-state index contributed by atoms with van der Waals surface area (Å²) >= 11 is 6.05. The summed E-state index contributed by atoms with van der Waals surface area (Å²) in [5, 5.41) is 5.08. The Morgan fingerprint density at radius 3 is 2.77 bits per heavy atom.